The van der Waals surface area contributed by atoms with Gasteiger partial charge in [-0.05, 0) is 13.8 Å². The maximum absolute atomic E-state index is 12.3. The van der Waals surface area contributed by atoms with Gasteiger partial charge in [-0.15, -0.1) is 0 Å². The van der Waals surface area contributed by atoms with Gasteiger partial charge >= 0.3 is 148 Å². The second-order valence-corrected chi connectivity index (χ2v) is 16.1. The van der Waals surface area contributed by atoms with E-state index < -0.39 is 159 Å². The number of aliphatic hydroxyl groups excluding tert-OH is 5. The quantitative estimate of drug-likeness (QED) is 0.0404. The predicted molar refractivity (Wildman–Crippen MR) is 152 cm³/mol. The Labute approximate surface area is 447 Å². The molecular weight excluding hydrogens is 955 g/mol. The molecule has 0 spiro atoms. The van der Waals surface area contributed by atoms with E-state index in [0.717, 1.165) is 0 Å². The zero-order valence-corrected chi connectivity index (χ0v) is 45.3. The van der Waals surface area contributed by atoms with Crippen molar-refractivity contribution in [3.63, 3.8) is 0 Å². The van der Waals surface area contributed by atoms with Crippen LogP contribution < -0.4 is 162 Å². The van der Waals surface area contributed by atoms with Crippen LogP contribution in [0.5, 0.6) is 0 Å². The van der Waals surface area contributed by atoms with Crippen molar-refractivity contribution in [2.45, 2.75) is 112 Å². The van der Waals surface area contributed by atoms with E-state index in [0.29, 0.717) is 0 Å². The van der Waals surface area contributed by atoms with Gasteiger partial charge in [-0.2, -0.15) is 0 Å². The van der Waals surface area contributed by atoms with Gasteiger partial charge in [0.15, 0.2) is 45.6 Å². The summed E-state index contributed by atoms with van der Waals surface area (Å²) in [5.41, 5.74) is 0. The van der Waals surface area contributed by atoms with E-state index >= 15 is 0 Å². The molecule has 0 unspecified atom stereocenters. The van der Waals surface area contributed by atoms with Gasteiger partial charge in [0.2, 0.25) is 20.8 Å². The van der Waals surface area contributed by atoms with E-state index in [1.807, 2.05) is 0 Å². The van der Waals surface area contributed by atoms with Crippen LogP contribution in [0.15, 0.2) is 0 Å². The van der Waals surface area contributed by atoms with Crippen LogP contribution in [0.3, 0.4) is 0 Å². The van der Waals surface area contributed by atoms with Crippen molar-refractivity contribution >= 4 is 47.4 Å². The summed E-state index contributed by atoms with van der Waals surface area (Å²) in [6.45, 7) is 0.0577. The van der Waals surface area contributed by atoms with Crippen LogP contribution in [-0.4, -0.2) is 195 Å². The van der Waals surface area contributed by atoms with Crippen LogP contribution in [0.25, 0.3) is 0 Å². The normalized spacial score (nSPS) is 35.4. The SMILES string of the molecule is CC(C)O[C@H]1O[C@H](COS(=O)(=O)[O-])[C@@H](O[C@@H]2O[C@H](C(=O)[O-])[C@@H](O[C@H]3O[C@H](CO)[C@@H](O)[C@H](O)[C@H]3NS(=O)(=O)[O-])[C@H](O)[C@H]2OS(=O)(=O)[O-])[C@H](O)[C@H]1NS(=O)(=O)[O-].[Na+].[Na+].[Na+].[Na+].[Na+]. The van der Waals surface area contributed by atoms with E-state index in [9.17, 15) is 87.3 Å². The number of carboxylic acids is 1. The Hall–Kier alpha value is 3.51. The topological polar surface area (TPSA) is 468 Å². The van der Waals surface area contributed by atoms with E-state index in [1.165, 1.54) is 23.3 Å². The van der Waals surface area contributed by atoms with Crippen molar-refractivity contribution in [2.75, 3.05) is 13.2 Å². The Bertz CT molecular complexity index is 1750. The first-order valence-electron chi connectivity index (χ1n) is 14.7. The minimum Gasteiger partial charge on any atom is -0.735 e. The van der Waals surface area contributed by atoms with Crippen LogP contribution in [0.4, 0.5) is 0 Å². The molecule has 0 amide bonds. The molecule has 3 aliphatic rings. The first-order chi connectivity index (χ1) is 24.5. The average molecular weight is 989 g/mol. The van der Waals surface area contributed by atoms with E-state index in [-0.39, 0.29) is 148 Å². The van der Waals surface area contributed by atoms with Crippen LogP contribution in [0.1, 0.15) is 13.8 Å². The largest absolute Gasteiger partial charge is 1.00 e. The fourth-order valence-electron chi connectivity index (χ4n) is 5.37. The fraction of sp³-hybridized carbons (Fsp3) is 0.952. The molecule has 3 fully saturated rings. The summed E-state index contributed by atoms with van der Waals surface area (Å²) in [5, 5.41) is 64.7. The molecule has 0 aromatic carbocycles. The summed E-state index contributed by atoms with van der Waals surface area (Å²) in [4.78, 5) is 12.3. The summed E-state index contributed by atoms with van der Waals surface area (Å²) < 4.78 is 181. The van der Waals surface area contributed by atoms with Crippen LogP contribution in [0, 0.1) is 0 Å². The molecule has 0 aliphatic carbocycles. The molecule has 3 aliphatic heterocycles. The third kappa shape index (κ3) is 20.7. The molecule has 38 heteroatoms. The fourth-order valence-corrected chi connectivity index (χ4v) is 7.31. The van der Waals surface area contributed by atoms with E-state index in [4.69, 9.17) is 28.4 Å². The van der Waals surface area contributed by atoms with Gasteiger partial charge in [-0.1, -0.05) is 0 Å². The number of carboxylic acid groups (broad SMARTS) is 1. The summed E-state index contributed by atoms with van der Waals surface area (Å²) in [6.07, 6.45) is -33.1. The molecule has 29 nitrogen and oxygen atoms in total. The van der Waals surface area contributed by atoms with Crippen molar-refractivity contribution in [3.8, 4) is 0 Å². The van der Waals surface area contributed by atoms with Gasteiger partial charge in [0.25, 0.3) is 0 Å². The number of nitrogens with one attached hydrogen (secondary N) is 2. The zero-order valence-electron chi connectivity index (χ0n) is 32.0. The maximum atomic E-state index is 12.3. The minimum absolute atomic E-state index is 0. The molecule has 3 rings (SSSR count). The Morgan fingerprint density at radius 1 is 0.644 bits per heavy atom. The molecule has 7 N–H and O–H groups in total. The van der Waals surface area contributed by atoms with Gasteiger partial charge in [-0.3, -0.25) is 8.37 Å². The first-order valence-corrected chi connectivity index (χ1v) is 20.2. The average Bonchev–Trinajstić information content (AvgIpc) is 2.99. The Morgan fingerprint density at radius 3 is 1.54 bits per heavy atom. The van der Waals surface area contributed by atoms with Crippen LogP contribution in [0.2, 0.25) is 0 Å². The summed E-state index contributed by atoms with van der Waals surface area (Å²) >= 11 is 0. The van der Waals surface area contributed by atoms with Gasteiger partial charge < -0.3 is 82.1 Å². The van der Waals surface area contributed by atoms with Crippen molar-refractivity contribution in [2.24, 2.45) is 0 Å². The molecule has 0 aromatic heterocycles. The third-order valence-electron chi connectivity index (χ3n) is 7.46. The van der Waals surface area contributed by atoms with E-state index in [1.54, 1.807) is 0 Å². The van der Waals surface area contributed by atoms with Gasteiger partial charge in [0.1, 0.15) is 67.0 Å². The summed E-state index contributed by atoms with van der Waals surface area (Å²) in [5.74, 6) is -2.42. The van der Waals surface area contributed by atoms with Crippen molar-refractivity contribution in [1.82, 2.24) is 9.44 Å². The number of rotatable bonds is 17. The van der Waals surface area contributed by atoms with Gasteiger partial charge in [-0.25, -0.2) is 43.1 Å². The molecular formula is C21H33N2Na5O27S4. The Kier molecular flexibility index (Phi) is 31.1. The maximum Gasteiger partial charge on any atom is 1.00 e. The molecule has 0 aromatic rings. The van der Waals surface area contributed by atoms with Gasteiger partial charge in [0.05, 0.1) is 25.3 Å². The monoisotopic (exact) mass is 988 g/mol. The molecule has 318 valence electrons. The molecule has 59 heavy (non-hydrogen) atoms. The summed E-state index contributed by atoms with van der Waals surface area (Å²) in [6, 6.07) is -4.61. The second-order valence-electron chi connectivity index (χ2n) is 11.7. The third-order valence-corrected chi connectivity index (χ3v) is 9.47. The molecule has 15 atom stereocenters. The molecule has 3 heterocycles. The number of ether oxygens (including phenoxy) is 6. The van der Waals surface area contributed by atoms with Gasteiger partial charge in [0, 0.05) is 0 Å². The van der Waals surface area contributed by atoms with Crippen molar-refractivity contribution < 1.29 is 272 Å². The first kappa shape index (κ1) is 66.8. The number of aliphatic carboxylic acids is 1. The standard InChI is InChI=1S/C21H38N2O27S4.5Na/c1-5(2)44-19-9(23-52(34,35)36)12(27)14(7(46-19)4-43-53(37,38)39)47-21-16(50-54(40,41)42)13(28)15(17(49-21)18(29)30)48-20-8(22-51(31,32)33)11(26)10(25)6(3-24)45-20;;;;;/h5-17,19-28H,3-4H2,1-2H3,(H,29,30)(H,31,32,33)(H,34,35,36)(H,37,38,39)(H,40,41,42);;;;;/q;5*+1/p-5/t6-,7-,8-,9-,10-,11-,12-,13+,14-,15+,16-,17+,19+,20-,21-;;;;;/m1...../s1. The minimum atomic E-state index is -6.05. The number of carbonyl (C=O) groups excluding carboxylic acids is 1. The number of aliphatic hydroxyl groups is 5. The molecule has 0 saturated carbocycles. The molecule has 0 bridgehead atoms. The zero-order chi connectivity index (χ0) is 41.3. The Morgan fingerprint density at radius 2 is 1.12 bits per heavy atom. The Balaban J connectivity index is -0.00000627. The van der Waals surface area contributed by atoms with Crippen molar-refractivity contribution in [3.05, 3.63) is 0 Å². The summed E-state index contributed by atoms with van der Waals surface area (Å²) in [7, 11) is -22.8. The number of hydrogen-bond acceptors (Lipinski definition) is 27. The molecule has 3 saturated heterocycles. The number of carbonyl (C=O) groups is 1. The second kappa shape index (κ2) is 27.5. The van der Waals surface area contributed by atoms with Crippen LogP contribution >= 0.6 is 0 Å². The molecule has 0 radical (unpaired) electrons. The predicted octanol–water partition coefficient (Wildman–Crippen LogP) is -25.3. The smallest absolute Gasteiger partial charge is 0.735 e. The van der Waals surface area contributed by atoms with E-state index in [2.05, 4.69) is 8.37 Å². The van der Waals surface area contributed by atoms with Crippen LogP contribution in [-0.2, 0) is 83.0 Å². The van der Waals surface area contributed by atoms with Crippen molar-refractivity contribution in [1.29, 1.82) is 0 Å². The number of hydrogen-bond donors (Lipinski definition) is 7.